The van der Waals surface area contributed by atoms with Gasteiger partial charge in [0.25, 0.3) is 5.91 Å². The first-order valence-electron chi connectivity index (χ1n) is 6.50. The van der Waals surface area contributed by atoms with Gasteiger partial charge < -0.3 is 15.2 Å². The molecule has 0 radical (unpaired) electrons. The highest BCUT2D eigenvalue weighted by molar-refractivity contribution is 6.04. The zero-order valence-electron chi connectivity index (χ0n) is 11.4. The third-order valence-corrected chi connectivity index (χ3v) is 3.61. The number of aromatic carboxylic acids is 1. The average molecular weight is 299 g/mol. The molecule has 0 aliphatic heterocycles. The summed E-state index contributed by atoms with van der Waals surface area (Å²) in [5.41, 5.74) is -0.971. The van der Waals surface area contributed by atoms with Crippen molar-refractivity contribution < 1.29 is 28.2 Å². The van der Waals surface area contributed by atoms with Gasteiger partial charge in [-0.25, -0.2) is 13.6 Å². The van der Waals surface area contributed by atoms with Crippen molar-refractivity contribution in [1.82, 2.24) is 5.32 Å². The first-order chi connectivity index (χ1) is 9.93. The van der Waals surface area contributed by atoms with Gasteiger partial charge in [0.2, 0.25) is 0 Å². The minimum atomic E-state index is -1.49. The normalized spacial score (nSPS) is 21.3. The minimum Gasteiger partial charge on any atom is -0.478 e. The third-order valence-electron chi connectivity index (χ3n) is 3.61. The van der Waals surface area contributed by atoms with Crippen LogP contribution in [-0.2, 0) is 4.74 Å². The van der Waals surface area contributed by atoms with Gasteiger partial charge in [0, 0.05) is 7.11 Å². The lowest BCUT2D eigenvalue weighted by molar-refractivity contribution is 0.0677. The molecule has 21 heavy (non-hydrogen) atoms. The number of carboxylic acids is 1. The van der Waals surface area contributed by atoms with E-state index in [9.17, 15) is 18.4 Å². The molecule has 1 aromatic rings. The number of benzene rings is 1. The average Bonchev–Trinajstić information content (AvgIpc) is 2.88. The van der Waals surface area contributed by atoms with Crippen LogP contribution in [-0.4, -0.2) is 36.2 Å². The van der Waals surface area contributed by atoms with Crippen LogP contribution in [0.2, 0.25) is 0 Å². The second kappa shape index (κ2) is 6.17. The van der Waals surface area contributed by atoms with Gasteiger partial charge in [0.1, 0.15) is 0 Å². The van der Waals surface area contributed by atoms with Crippen LogP contribution in [0, 0.1) is 11.6 Å². The van der Waals surface area contributed by atoms with Crippen LogP contribution in [0.15, 0.2) is 12.1 Å². The van der Waals surface area contributed by atoms with Crippen LogP contribution in [0.5, 0.6) is 0 Å². The van der Waals surface area contributed by atoms with Gasteiger partial charge in [0.15, 0.2) is 11.6 Å². The Bertz CT molecular complexity index is 576. The number of hydrogen-bond donors (Lipinski definition) is 2. The van der Waals surface area contributed by atoms with Gasteiger partial charge in [0.05, 0.1) is 23.3 Å². The molecule has 0 bridgehead atoms. The van der Waals surface area contributed by atoms with Crippen molar-refractivity contribution in [2.24, 2.45) is 0 Å². The highest BCUT2D eigenvalue weighted by Gasteiger charge is 2.30. The number of carbonyl (C=O) groups excluding carboxylic acids is 1. The van der Waals surface area contributed by atoms with Gasteiger partial charge in [-0.2, -0.15) is 0 Å². The first-order valence-corrected chi connectivity index (χ1v) is 6.50. The molecule has 1 saturated carbocycles. The topological polar surface area (TPSA) is 75.6 Å². The summed E-state index contributed by atoms with van der Waals surface area (Å²) < 4.78 is 31.6. The van der Waals surface area contributed by atoms with Gasteiger partial charge in [-0.05, 0) is 31.4 Å². The summed E-state index contributed by atoms with van der Waals surface area (Å²) in [7, 11) is 1.52. The maximum absolute atomic E-state index is 13.3. The number of ether oxygens (including phenoxy) is 1. The second-order valence-corrected chi connectivity index (χ2v) is 4.90. The zero-order chi connectivity index (χ0) is 15.6. The third kappa shape index (κ3) is 3.18. The van der Waals surface area contributed by atoms with Crippen molar-refractivity contribution in [3.05, 3.63) is 34.9 Å². The van der Waals surface area contributed by atoms with E-state index < -0.39 is 34.6 Å². The van der Waals surface area contributed by atoms with E-state index in [1.807, 2.05) is 0 Å². The molecule has 7 heteroatoms. The monoisotopic (exact) mass is 299 g/mol. The van der Waals surface area contributed by atoms with E-state index in [1.165, 1.54) is 7.11 Å². The number of carboxylic acid groups (broad SMARTS) is 1. The van der Waals surface area contributed by atoms with E-state index in [-0.39, 0.29) is 12.1 Å². The summed E-state index contributed by atoms with van der Waals surface area (Å²) in [6.45, 7) is 0. The van der Waals surface area contributed by atoms with E-state index in [0.29, 0.717) is 18.6 Å². The molecule has 5 nitrogen and oxygen atoms in total. The number of halogens is 2. The molecular weight excluding hydrogens is 284 g/mol. The van der Waals surface area contributed by atoms with Gasteiger partial charge in [-0.1, -0.05) is 0 Å². The molecule has 2 unspecified atom stereocenters. The number of amides is 1. The van der Waals surface area contributed by atoms with Crippen molar-refractivity contribution >= 4 is 11.9 Å². The summed E-state index contributed by atoms with van der Waals surface area (Å²) in [5, 5.41) is 11.6. The summed E-state index contributed by atoms with van der Waals surface area (Å²) in [6.07, 6.45) is 2.18. The summed E-state index contributed by atoms with van der Waals surface area (Å²) >= 11 is 0. The number of hydrogen-bond acceptors (Lipinski definition) is 3. The van der Waals surface area contributed by atoms with Crippen LogP contribution < -0.4 is 5.32 Å². The SMILES string of the molecule is COC1CCCC1NC(=O)c1cc(F)c(F)cc1C(=O)O. The molecule has 1 fully saturated rings. The van der Waals surface area contributed by atoms with Gasteiger partial charge in [-0.15, -0.1) is 0 Å². The Morgan fingerprint density at radius 2 is 1.86 bits per heavy atom. The molecular formula is C14H15F2NO4. The lowest BCUT2D eigenvalue weighted by atomic mass is 10.1. The standard InChI is InChI=1S/C14H15F2NO4/c1-21-12-4-2-3-11(12)17-13(18)7-5-9(15)10(16)6-8(7)14(19)20/h5-6,11-12H,2-4H2,1H3,(H,17,18)(H,19,20). The van der Waals surface area contributed by atoms with Crippen molar-refractivity contribution in [3.8, 4) is 0 Å². The Kier molecular flexibility index (Phi) is 4.52. The van der Waals surface area contributed by atoms with Crippen LogP contribution in [0.25, 0.3) is 0 Å². The Balaban J connectivity index is 2.26. The molecule has 0 heterocycles. The summed E-state index contributed by atoms with van der Waals surface area (Å²) in [5.74, 6) is -4.81. The smallest absolute Gasteiger partial charge is 0.336 e. The van der Waals surface area contributed by atoms with E-state index in [4.69, 9.17) is 9.84 Å². The van der Waals surface area contributed by atoms with Gasteiger partial charge in [-0.3, -0.25) is 4.79 Å². The second-order valence-electron chi connectivity index (χ2n) is 4.90. The molecule has 0 aromatic heterocycles. The van der Waals surface area contributed by atoms with E-state index in [0.717, 1.165) is 12.8 Å². The molecule has 1 aromatic carbocycles. The number of rotatable bonds is 4. The maximum atomic E-state index is 13.3. The Morgan fingerprint density at radius 3 is 2.43 bits per heavy atom. The molecule has 0 spiro atoms. The Labute approximate surface area is 119 Å². The van der Waals surface area contributed by atoms with Crippen LogP contribution in [0.1, 0.15) is 40.0 Å². The number of methoxy groups -OCH3 is 1. The largest absolute Gasteiger partial charge is 0.478 e. The fourth-order valence-corrected chi connectivity index (χ4v) is 2.53. The first kappa shape index (κ1) is 15.4. The Morgan fingerprint density at radius 1 is 1.24 bits per heavy atom. The number of nitrogens with one attached hydrogen (secondary N) is 1. The summed E-state index contributed by atoms with van der Waals surface area (Å²) in [6, 6.07) is 0.845. The molecule has 2 atom stereocenters. The van der Waals surface area contributed by atoms with Crippen molar-refractivity contribution in [2.75, 3.05) is 7.11 Å². The number of carbonyl (C=O) groups is 2. The molecule has 1 aliphatic carbocycles. The molecule has 1 amide bonds. The zero-order valence-corrected chi connectivity index (χ0v) is 11.4. The quantitative estimate of drug-likeness (QED) is 0.891. The maximum Gasteiger partial charge on any atom is 0.336 e. The van der Waals surface area contributed by atoms with Crippen molar-refractivity contribution in [1.29, 1.82) is 0 Å². The molecule has 2 N–H and O–H groups in total. The summed E-state index contributed by atoms with van der Waals surface area (Å²) in [4.78, 5) is 23.2. The van der Waals surface area contributed by atoms with E-state index in [2.05, 4.69) is 5.32 Å². The van der Waals surface area contributed by atoms with Crippen LogP contribution in [0.4, 0.5) is 8.78 Å². The lowest BCUT2D eigenvalue weighted by Crippen LogP contribution is -2.41. The molecule has 0 saturated heterocycles. The highest BCUT2D eigenvalue weighted by atomic mass is 19.2. The van der Waals surface area contributed by atoms with Crippen LogP contribution >= 0.6 is 0 Å². The molecule has 2 rings (SSSR count). The molecule has 1 aliphatic rings. The predicted molar refractivity (Wildman–Crippen MR) is 69.2 cm³/mol. The minimum absolute atomic E-state index is 0.160. The lowest BCUT2D eigenvalue weighted by Gasteiger charge is -2.20. The highest BCUT2D eigenvalue weighted by Crippen LogP contribution is 2.23. The Hall–Kier alpha value is -2.02. The van der Waals surface area contributed by atoms with Gasteiger partial charge >= 0.3 is 5.97 Å². The fourth-order valence-electron chi connectivity index (χ4n) is 2.53. The van der Waals surface area contributed by atoms with Crippen molar-refractivity contribution in [3.63, 3.8) is 0 Å². The van der Waals surface area contributed by atoms with E-state index in [1.54, 1.807) is 0 Å². The molecule has 114 valence electrons. The van der Waals surface area contributed by atoms with E-state index >= 15 is 0 Å². The van der Waals surface area contributed by atoms with Crippen LogP contribution in [0.3, 0.4) is 0 Å². The predicted octanol–water partition coefficient (Wildman–Crippen LogP) is 1.96. The fraction of sp³-hybridized carbons (Fsp3) is 0.429. The van der Waals surface area contributed by atoms with Crippen molar-refractivity contribution in [2.45, 2.75) is 31.4 Å².